The van der Waals surface area contributed by atoms with Gasteiger partial charge in [-0.05, 0) is 35.1 Å². The third kappa shape index (κ3) is 4.78. The molecule has 0 fully saturated rings. The molecule has 1 aromatic rings. The van der Waals surface area contributed by atoms with Crippen molar-refractivity contribution in [1.29, 1.82) is 0 Å². The third-order valence-corrected chi connectivity index (χ3v) is 3.85. The predicted octanol–water partition coefficient (Wildman–Crippen LogP) is 2.81. The van der Waals surface area contributed by atoms with Gasteiger partial charge in [0.15, 0.2) is 3.95 Å². The molecular weight excluding hydrogens is 306 g/mol. The standard InChI is InChI=1S/C6H6S.C4H8BrN3S/c7-6-4-2-1-3-5-6;1-6-4-8(2)7-3(5)9-4/h1-5,7H;4,6H,1-2H3. The molecule has 1 atom stereocenters. The van der Waals surface area contributed by atoms with Crippen LogP contribution in [0.2, 0.25) is 0 Å². The first kappa shape index (κ1) is 13.9. The Balaban J connectivity index is 0.000000165. The highest BCUT2D eigenvalue weighted by molar-refractivity contribution is 9.22. The summed E-state index contributed by atoms with van der Waals surface area (Å²) in [6, 6.07) is 9.79. The maximum atomic E-state index is 4.11. The Morgan fingerprint density at radius 1 is 1.44 bits per heavy atom. The lowest BCUT2D eigenvalue weighted by Gasteiger charge is -2.15. The number of benzene rings is 1. The fraction of sp³-hybridized carbons (Fsp3) is 0.300. The van der Waals surface area contributed by atoms with E-state index in [2.05, 4.69) is 39.0 Å². The minimum absolute atomic E-state index is 0.291. The van der Waals surface area contributed by atoms with E-state index in [1.54, 1.807) is 11.8 Å². The molecule has 6 heteroatoms. The quantitative estimate of drug-likeness (QED) is 0.779. The topological polar surface area (TPSA) is 27.6 Å². The highest BCUT2D eigenvalue weighted by Gasteiger charge is 2.20. The van der Waals surface area contributed by atoms with Gasteiger partial charge in [-0.3, -0.25) is 10.3 Å². The minimum atomic E-state index is 0.291. The maximum Gasteiger partial charge on any atom is 0.162 e. The van der Waals surface area contributed by atoms with E-state index in [0.717, 1.165) is 8.85 Å². The van der Waals surface area contributed by atoms with Gasteiger partial charge < -0.3 is 0 Å². The van der Waals surface area contributed by atoms with Crippen molar-refractivity contribution < 1.29 is 0 Å². The Morgan fingerprint density at radius 2 is 2.06 bits per heavy atom. The SMILES string of the molecule is CNC1SC(Br)=NN1C.Sc1ccccc1. The van der Waals surface area contributed by atoms with Crippen molar-refractivity contribution in [3.8, 4) is 0 Å². The Kier molecular flexibility index (Phi) is 6.26. The van der Waals surface area contributed by atoms with Gasteiger partial charge in [0.2, 0.25) is 0 Å². The summed E-state index contributed by atoms with van der Waals surface area (Å²) in [5.74, 6) is 0. The van der Waals surface area contributed by atoms with Crippen LogP contribution >= 0.6 is 40.3 Å². The third-order valence-electron chi connectivity index (χ3n) is 1.79. The summed E-state index contributed by atoms with van der Waals surface area (Å²) < 4.78 is 0.935. The van der Waals surface area contributed by atoms with E-state index in [9.17, 15) is 0 Å². The molecule has 1 heterocycles. The molecule has 0 bridgehead atoms. The van der Waals surface area contributed by atoms with E-state index in [-0.39, 0.29) is 0 Å². The van der Waals surface area contributed by atoms with Gasteiger partial charge in [-0.15, -0.1) is 12.6 Å². The molecule has 1 aliphatic rings. The maximum absolute atomic E-state index is 4.11. The van der Waals surface area contributed by atoms with Crippen molar-refractivity contribution in [1.82, 2.24) is 10.3 Å². The number of nitrogens with one attached hydrogen (secondary N) is 1. The molecule has 3 nitrogen and oxygen atoms in total. The second kappa shape index (κ2) is 7.21. The molecule has 1 N–H and O–H groups in total. The number of hydrogen-bond donors (Lipinski definition) is 2. The zero-order chi connectivity index (χ0) is 12.0. The molecule has 0 aromatic heterocycles. The van der Waals surface area contributed by atoms with Crippen LogP contribution < -0.4 is 5.32 Å². The van der Waals surface area contributed by atoms with Gasteiger partial charge in [0.25, 0.3) is 0 Å². The number of thiol groups is 1. The summed E-state index contributed by atoms with van der Waals surface area (Å²) in [6.07, 6.45) is 0. The Morgan fingerprint density at radius 3 is 2.31 bits per heavy atom. The number of rotatable bonds is 1. The van der Waals surface area contributed by atoms with E-state index >= 15 is 0 Å². The molecule has 1 aliphatic heterocycles. The lowest BCUT2D eigenvalue weighted by Crippen LogP contribution is -2.32. The first-order valence-electron chi connectivity index (χ1n) is 4.68. The van der Waals surface area contributed by atoms with Crippen LogP contribution in [0.3, 0.4) is 0 Å². The monoisotopic (exact) mass is 319 g/mol. The highest BCUT2D eigenvalue weighted by atomic mass is 79.9. The molecule has 16 heavy (non-hydrogen) atoms. The number of nitrogens with zero attached hydrogens (tertiary/aromatic N) is 2. The van der Waals surface area contributed by atoms with Gasteiger partial charge in [-0.25, -0.2) is 0 Å². The molecular formula is C10H14BrN3S2. The largest absolute Gasteiger partial charge is 0.290 e. The molecule has 1 aromatic carbocycles. The average molecular weight is 320 g/mol. The first-order chi connectivity index (χ1) is 7.63. The molecule has 0 spiro atoms. The number of thioether (sulfide) groups is 1. The van der Waals surface area contributed by atoms with Gasteiger partial charge in [-0.2, -0.15) is 5.10 Å². The van der Waals surface area contributed by atoms with Crippen molar-refractivity contribution in [3.05, 3.63) is 30.3 Å². The van der Waals surface area contributed by atoms with E-state index in [1.165, 1.54) is 0 Å². The van der Waals surface area contributed by atoms with Gasteiger partial charge in [-0.1, -0.05) is 30.0 Å². The lowest BCUT2D eigenvalue weighted by atomic mass is 10.4. The summed E-state index contributed by atoms with van der Waals surface area (Å²) in [5, 5.41) is 9.07. The smallest absolute Gasteiger partial charge is 0.162 e. The number of halogens is 1. The number of hydrazone groups is 1. The van der Waals surface area contributed by atoms with Crippen LogP contribution in [0.4, 0.5) is 0 Å². The van der Waals surface area contributed by atoms with Crippen LogP contribution in [-0.2, 0) is 0 Å². The van der Waals surface area contributed by atoms with Crippen LogP contribution in [0.5, 0.6) is 0 Å². The summed E-state index contributed by atoms with van der Waals surface area (Å²) in [4.78, 5) is 1.02. The van der Waals surface area contributed by atoms with Crippen molar-refractivity contribution in [2.45, 2.75) is 10.4 Å². The molecule has 2 rings (SSSR count). The average Bonchev–Trinajstić information content (AvgIpc) is 2.59. The van der Waals surface area contributed by atoms with Gasteiger partial charge in [0.1, 0.15) is 5.50 Å². The van der Waals surface area contributed by atoms with Crippen molar-refractivity contribution >= 4 is 44.3 Å². The minimum Gasteiger partial charge on any atom is -0.290 e. The van der Waals surface area contributed by atoms with Crippen LogP contribution in [0.1, 0.15) is 0 Å². The second-order valence-electron chi connectivity index (χ2n) is 3.02. The van der Waals surface area contributed by atoms with Crippen molar-refractivity contribution in [3.63, 3.8) is 0 Å². The Hall–Kier alpha value is -0.170. The van der Waals surface area contributed by atoms with Gasteiger partial charge >= 0.3 is 0 Å². The predicted molar refractivity (Wildman–Crippen MR) is 78.3 cm³/mol. The molecule has 0 amide bonds. The van der Waals surface area contributed by atoms with Crippen LogP contribution in [-0.4, -0.2) is 28.6 Å². The van der Waals surface area contributed by atoms with Gasteiger partial charge in [0.05, 0.1) is 0 Å². The zero-order valence-corrected chi connectivity index (χ0v) is 12.4. The summed E-state index contributed by atoms with van der Waals surface area (Å²) in [5.41, 5.74) is 0.291. The lowest BCUT2D eigenvalue weighted by molar-refractivity contribution is 0.314. The fourth-order valence-electron chi connectivity index (χ4n) is 1.04. The summed E-state index contributed by atoms with van der Waals surface area (Å²) in [6.45, 7) is 0. The van der Waals surface area contributed by atoms with Crippen molar-refractivity contribution in [2.75, 3.05) is 14.1 Å². The van der Waals surface area contributed by atoms with E-state index in [1.807, 2.05) is 49.4 Å². The molecule has 0 saturated heterocycles. The molecule has 1 unspecified atom stereocenters. The Bertz CT molecular complexity index is 345. The van der Waals surface area contributed by atoms with E-state index in [0.29, 0.717) is 5.50 Å². The molecule has 0 aliphatic carbocycles. The normalized spacial score (nSPS) is 18.9. The zero-order valence-electron chi connectivity index (χ0n) is 9.09. The molecule has 0 saturated carbocycles. The number of hydrogen-bond acceptors (Lipinski definition) is 5. The fourth-order valence-corrected chi connectivity index (χ4v) is 2.67. The second-order valence-corrected chi connectivity index (χ2v) is 5.88. The summed E-state index contributed by atoms with van der Waals surface area (Å²) in [7, 11) is 3.84. The van der Waals surface area contributed by atoms with Crippen LogP contribution in [0.15, 0.2) is 40.3 Å². The van der Waals surface area contributed by atoms with Crippen LogP contribution in [0.25, 0.3) is 0 Å². The summed E-state index contributed by atoms with van der Waals surface area (Å²) >= 11 is 9.03. The molecule has 88 valence electrons. The highest BCUT2D eigenvalue weighted by Crippen LogP contribution is 2.24. The van der Waals surface area contributed by atoms with E-state index < -0.39 is 0 Å². The van der Waals surface area contributed by atoms with Crippen molar-refractivity contribution in [2.24, 2.45) is 5.10 Å². The van der Waals surface area contributed by atoms with Crippen LogP contribution in [0, 0.1) is 0 Å². The van der Waals surface area contributed by atoms with E-state index in [4.69, 9.17) is 0 Å². The molecule has 0 radical (unpaired) electrons. The Labute approximate surface area is 114 Å². The first-order valence-corrected chi connectivity index (χ1v) is 6.80. The van der Waals surface area contributed by atoms with Gasteiger partial charge in [0, 0.05) is 11.9 Å².